The van der Waals surface area contributed by atoms with Crippen molar-refractivity contribution >= 4 is 5.97 Å². The van der Waals surface area contributed by atoms with Gasteiger partial charge >= 0.3 is 5.97 Å². The van der Waals surface area contributed by atoms with E-state index in [9.17, 15) is 4.79 Å². The topological polar surface area (TPSA) is 44.8 Å². The number of hydrogen-bond donors (Lipinski definition) is 0. The van der Waals surface area contributed by atoms with Gasteiger partial charge in [0.25, 0.3) is 0 Å². The van der Waals surface area contributed by atoms with Gasteiger partial charge in [-0.15, -0.1) is 0 Å². The molecule has 0 heterocycles. The van der Waals surface area contributed by atoms with Crippen LogP contribution in [0.3, 0.4) is 0 Å². The maximum atomic E-state index is 11.9. The van der Waals surface area contributed by atoms with Crippen LogP contribution in [0, 0.1) is 0 Å². The molecule has 1 aromatic rings. The van der Waals surface area contributed by atoms with Crippen LogP contribution in [0.1, 0.15) is 40.7 Å². The molecule has 2 rings (SSSR count). The summed E-state index contributed by atoms with van der Waals surface area (Å²) in [6.07, 6.45) is 5.69. The fourth-order valence-electron chi connectivity index (χ4n) is 2.56. The Balaban J connectivity index is 2.30. The molecule has 1 aromatic carbocycles. The number of esters is 1. The Morgan fingerprint density at radius 3 is 2.40 bits per heavy atom. The molecule has 1 aliphatic rings. The summed E-state index contributed by atoms with van der Waals surface area (Å²) in [4.78, 5) is 11.9. The van der Waals surface area contributed by atoms with Gasteiger partial charge in [0.15, 0.2) is 0 Å². The van der Waals surface area contributed by atoms with Crippen LogP contribution in [0.5, 0.6) is 5.75 Å². The summed E-state index contributed by atoms with van der Waals surface area (Å²) in [6, 6.07) is 3.94. The average molecular weight is 278 g/mol. The van der Waals surface area contributed by atoms with Gasteiger partial charge in [-0.2, -0.15) is 0 Å². The van der Waals surface area contributed by atoms with E-state index in [0.717, 1.165) is 12.8 Å². The van der Waals surface area contributed by atoms with Crippen LogP contribution in [0.15, 0.2) is 12.1 Å². The van der Waals surface area contributed by atoms with Gasteiger partial charge < -0.3 is 14.2 Å². The molecule has 0 saturated carbocycles. The van der Waals surface area contributed by atoms with Gasteiger partial charge in [-0.05, 0) is 48.9 Å². The van der Waals surface area contributed by atoms with Crippen molar-refractivity contribution in [2.45, 2.75) is 32.1 Å². The lowest BCUT2D eigenvalue weighted by atomic mass is 9.99. The summed E-state index contributed by atoms with van der Waals surface area (Å²) in [7, 11) is 3.02. The molecule has 0 bridgehead atoms. The molecule has 1 aliphatic carbocycles. The molecule has 0 radical (unpaired) electrons. The summed E-state index contributed by atoms with van der Waals surface area (Å²) in [5.74, 6) is 0.263. The fraction of sp³-hybridized carbons (Fsp3) is 0.562. The van der Waals surface area contributed by atoms with Gasteiger partial charge in [-0.1, -0.05) is 6.42 Å². The van der Waals surface area contributed by atoms with Crippen molar-refractivity contribution in [1.29, 1.82) is 0 Å². The number of methoxy groups -OCH3 is 2. The summed E-state index contributed by atoms with van der Waals surface area (Å²) < 4.78 is 15.5. The van der Waals surface area contributed by atoms with E-state index in [2.05, 4.69) is 0 Å². The quantitative estimate of drug-likeness (QED) is 0.472. The first-order chi connectivity index (χ1) is 9.76. The molecule has 20 heavy (non-hydrogen) atoms. The average Bonchev–Trinajstić information content (AvgIpc) is 2.70. The number of rotatable bonds is 5. The first kappa shape index (κ1) is 14.9. The first-order valence-electron chi connectivity index (χ1n) is 7.12. The van der Waals surface area contributed by atoms with Crippen LogP contribution in [0.25, 0.3) is 0 Å². The van der Waals surface area contributed by atoms with Gasteiger partial charge in [0, 0.05) is 7.11 Å². The highest BCUT2D eigenvalue weighted by atomic mass is 16.5. The van der Waals surface area contributed by atoms with Crippen molar-refractivity contribution in [3.05, 3.63) is 28.8 Å². The molecule has 0 amide bonds. The molecule has 0 fully saturated rings. The number of carbonyl (C=O) groups excluding carboxylic acids is 1. The number of aryl methyl sites for hydroxylation is 2. The molecular formula is C16H22O4. The first-order valence-corrected chi connectivity index (χ1v) is 7.12. The molecule has 110 valence electrons. The van der Waals surface area contributed by atoms with E-state index in [1.807, 2.05) is 12.1 Å². The van der Waals surface area contributed by atoms with Crippen LogP contribution >= 0.6 is 0 Å². The second-order valence-corrected chi connectivity index (χ2v) is 5.01. The van der Waals surface area contributed by atoms with E-state index in [0.29, 0.717) is 24.5 Å². The van der Waals surface area contributed by atoms with Gasteiger partial charge in [0.2, 0.25) is 0 Å². The van der Waals surface area contributed by atoms with Crippen molar-refractivity contribution in [3.63, 3.8) is 0 Å². The molecule has 0 aliphatic heterocycles. The zero-order chi connectivity index (χ0) is 14.4. The molecule has 0 N–H and O–H groups in total. The normalized spacial score (nSPS) is 14.3. The van der Waals surface area contributed by atoms with Crippen LogP contribution in [0.4, 0.5) is 0 Å². The van der Waals surface area contributed by atoms with Gasteiger partial charge in [0.1, 0.15) is 17.9 Å². The number of fused-ring (bicyclic) bond motifs is 1. The van der Waals surface area contributed by atoms with E-state index < -0.39 is 0 Å². The minimum Gasteiger partial charge on any atom is -0.490 e. The Kier molecular flexibility index (Phi) is 5.41. The predicted molar refractivity (Wildman–Crippen MR) is 76.4 cm³/mol. The third kappa shape index (κ3) is 3.51. The van der Waals surface area contributed by atoms with E-state index >= 15 is 0 Å². The number of hydrogen-bond acceptors (Lipinski definition) is 4. The van der Waals surface area contributed by atoms with Crippen molar-refractivity contribution in [2.24, 2.45) is 0 Å². The van der Waals surface area contributed by atoms with Gasteiger partial charge in [-0.25, -0.2) is 4.79 Å². The van der Waals surface area contributed by atoms with Crippen molar-refractivity contribution in [3.8, 4) is 5.75 Å². The highest BCUT2D eigenvalue weighted by Crippen LogP contribution is 2.29. The third-order valence-corrected chi connectivity index (χ3v) is 3.64. The van der Waals surface area contributed by atoms with E-state index in [1.54, 1.807) is 7.11 Å². The highest BCUT2D eigenvalue weighted by molar-refractivity contribution is 5.93. The zero-order valence-electron chi connectivity index (χ0n) is 12.2. The minimum atomic E-state index is -0.343. The van der Waals surface area contributed by atoms with Crippen molar-refractivity contribution in [2.75, 3.05) is 27.4 Å². The van der Waals surface area contributed by atoms with E-state index in [1.165, 1.54) is 37.5 Å². The summed E-state index contributed by atoms with van der Waals surface area (Å²) >= 11 is 0. The molecule has 4 heteroatoms. The lowest BCUT2D eigenvalue weighted by Gasteiger charge is -2.14. The summed E-state index contributed by atoms with van der Waals surface area (Å²) in [5, 5.41) is 0. The number of carbonyl (C=O) groups is 1. The number of ether oxygens (including phenoxy) is 3. The van der Waals surface area contributed by atoms with Crippen molar-refractivity contribution < 1.29 is 19.0 Å². The molecule has 0 spiro atoms. The summed E-state index contributed by atoms with van der Waals surface area (Å²) in [5.41, 5.74) is 3.06. The highest BCUT2D eigenvalue weighted by Gasteiger charge is 2.18. The zero-order valence-corrected chi connectivity index (χ0v) is 12.2. The van der Waals surface area contributed by atoms with Crippen LogP contribution < -0.4 is 4.74 Å². The maximum absolute atomic E-state index is 11.9. The van der Waals surface area contributed by atoms with Crippen LogP contribution in [-0.2, 0) is 22.3 Å². The SMILES string of the molecule is COCCOc1cc2c(cc1C(=O)OC)CCCCC2. The van der Waals surface area contributed by atoms with Crippen LogP contribution in [0.2, 0.25) is 0 Å². The molecule has 4 nitrogen and oxygen atoms in total. The molecule has 0 aromatic heterocycles. The largest absolute Gasteiger partial charge is 0.490 e. The van der Waals surface area contributed by atoms with Gasteiger partial charge in [0.05, 0.1) is 13.7 Å². The summed E-state index contributed by atoms with van der Waals surface area (Å²) in [6.45, 7) is 0.928. The maximum Gasteiger partial charge on any atom is 0.341 e. The molecule has 0 atom stereocenters. The Morgan fingerprint density at radius 1 is 1.05 bits per heavy atom. The third-order valence-electron chi connectivity index (χ3n) is 3.64. The Labute approximate surface area is 120 Å². The van der Waals surface area contributed by atoms with E-state index in [-0.39, 0.29) is 5.97 Å². The monoisotopic (exact) mass is 278 g/mol. The lowest BCUT2D eigenvalue weighted by Crippen LogP contribution is -2.11. The second kappa shape index (κ2) is 7.29. The Bertz CT molecular complexity index is 468. The van der Waals surface area contributed by atoms with Crippen LogP contribution in [-0.4, -0.2) is 33.4 Å². The standard InChI is InChI=1S/C16H22O4/c1-18-8-9-20-15-11-13-7-5-3-4-6-12(13)10-14(15)16(17)19-2/h10-11H,3-9H2,1-2H3. The van der Waals surface area contributed by atoms with Crippen molar-refractivity contribution in [1.82, 2.24) is 0 Å². The molecule has 0 unspecified atom stereocenters. The van der Waals surface area contributed by atoms with Gasteiger partial charge in [-0.3, -0.25) is 0 Å². The fourth-order valence-corrected chi connectivity index (χ4v) is 2.56. The second-order valence-electron chi connectivity index (χ2n) is 5.01. The molecule has 0 saturated heterocycles. The smallest absolute Gasteiger partial charge is 0.341 e. The minimum absolute atomic E-state index is 0.343. The van der Waals surface area contributed by atoms with E-state index in [4.69, 9.17) is 14.2 Å². The Morgan fingerprint density at radius 2 is 1.75 bits per heavy atom. The molecular weight excluding hydrogens is 256 g/mol. The number of benzene rings is 1. The predicted octanol–water partition coefficient (Wildman–Crippen LogP) is 2.77. The lowest BCUT2D eigenvalue weighted by molar-refractivity contribution is 0.0593. The Hall–Kier alpha value is -1.55.